The first-order chi connectivity index (χ1) is 27.8. The molecular weight excluding hydrogens is 735 g/mol. The Hall–Kier alpha value is -1.67. The Balaban J connectivity index is 1.11. The number of fused-ring (bicyclic) bond motifs is 1. The fourth-order valence-electron chi connectivity index (χ4n) is 10.3. The highest BCUT2D eigenvalue weighted by molar-refractivity contribution is 5.75. The van der Waals surface area contributed by atoms with Gasteiger partial charge >= 0.3 is 0 Å². The molecule has 0 spiro atoms. The number of aliphatic hydroxyl groups is 3. The van der Waals surface area contributed by atoms with E-state index in [4.69, 9.17) is 18.9 Å². The van der Waals surface area contributed by atoms with Crippen molar-refractivity contribution in [3.8, 4) is 0 Å². The van der Waals surface area contributed by atoms with Gasteiger partial charge in [-0.1, -0.05) is 90.7 Å². The van der Waals surface area contributed by atoms with Crippen LogP contribution in [0.2, 0.25) is 0 Å². The molecule has 0 radical (unpaired) electrons. The third kappa shape index (κ3) is 14.2. The summed E-state index contributed by atoms with van der Waals surface area (Å²) in [4.78, 5) is 14.5. The standard InChI is InChI=1S/C47H83N3O8/c1-9-42(51)50(27-24-48-23-21-43(52)57-31-41-35(6)44(53)45(54)46(55-8)58-41)28-25-49-26-29-56-38-18-15-33(4)37(30-38)17-16-36-14-11-22-47(7)39(19-20-40(36)47)34(5)13-10-12-32(2)3/h16-17,32,34-35,38-41,43-46,48-49,52-54H,4,9-15,18-31H2,1-3,5-8H3/b36-16+,37-17-/t34-,35+,38?,39-,40?,41?,43?,44+,45+,46?,47-/m1/s1. The zero-order valence-corrected chi connectivity index (χ0v) is 37.4. The molecule has 0 bridgehead atoms. The fourth-order valence-corrected chi connectivity index (χ4v) is 10.3. The normalized spacial score (nSPS) is 32.8. The summed E-state index contributed by atoms with van der Waals surface area (Å²) in [5.41, 5.74) is 4.74. The van der Waals surface area contributed by atoms with Gasteiger partial charge in [-0.15, -0.1) is 0 Å². The number of rotatable bonds is 24. The van der Waals surface area contributed by atoms with Gasteiger partial charge in [0.05, 0.1) is 31.5 Å². The van der Waals surface area contributed by atoms with Crippen molar-refractivity contribution in [3.05, 3.63) is 35.5 Å². The molecule has 0 aromatic rings. The molecule has 1 aliphatic heterocycles. The third-order valence-corrected chi connectivity index (χ3v) is 14.1. The zero-order valence-electron chi connectivity index (χ0n) is 37.4. The van der Waals surface area contributed by atoms with Gasteiger partial charge in [0.25, 0.3) is 0 Å². The van der Waals surface area contributed by atoms with E-state index in [1.165, 1.54) is 69.6 Å². The Morgan fingerprint density at radius 3 is 2.47 bits per heavy atom. The maximum atomic E-state index is 12.7. The summed E-state index contributed by atoms with van der Waals surface area (Å²) >= 11 is 0. The number of amides is 1. The van der Waals surface area contributed by atoms with Crippen LogP contribution in [0.4, 0.5) is 0 Å². The van der Waals surface area contributed by atoms with E-state index >= 15 is 0 Å². The van der Waals surface area contributed by atoms with Crippen molar-refractivity contribution in [2.24, 2.45) is 35.0 Å². The lowest BCUT2D eigenvalue weighted by atomic mass is 9.60. The predicted octanol–water partition coefficient (Wildman–Crippen LogP) is 6.52. The van der Waals surface area contributed by atoms with E-state index in [2.05, 4.69) is 57.1 Å². The number of ether oxygens (including phenoxy) is 4. The van der Waals surface area contributed by atoms with Crippen molar-refractivity contribution in [3.63, 3.8) is 0 Å². The van der Waals surface area contributed by atoms with Crippen molar-refractivity contribution in [2.75, 3.05) is 59.6 Å². The molecule has 3 aliphatic carbocycles. The molecule has 0 aromatic heterocycles. The molecular formula is C47H83N3O8. The van der Waals surface area contributed by atoms with Crippen molar-refractivity contribution < 1.29 is 39.1 Å². The van der Waals surface area contributed by atoms with Crippen molar-refractivity contribution in [1.29, 1.82) is 0 Å². The number of carbonyl (C=O) groups excluding carboxylic acids is 1. The van der Waals surface area contributed by atoms with Gasteiger partial charge < -0.3 is 49.8 Å². The fraction of sp³-hybridized carbons (Fsp3) is 0.851. The minimum Gasteiger partial charge on any atom is -0.390 e. The molecule has 4 fully saturated rings. The first kappa shape index (κ1) is 49.0. The molecule has 11 atom stereocenters. The van der Waals surface area contributed by atoms with Crippen LogP contribution in [-0.4, -0.2) is 123 Å². The molecule has 3 saturated carbocycles. The van der Waals surface area contributed by atoms with E-state index in [0.717, 1.165) is 49.5 Å². The summed E-state index contributed by atoms with van der Waals surface area (Å²) in [6, 6.07) is 0. The van der Waals surface area contributed by atoms with Gasteiger partial charge in [-0.2, -0.15) is 0 Å². The molecule has 0 aromatic carbocycles. The highest BCUT2D eigenvalue weighted by atomic mass is 16.7. The smallest absolute Gasteiger partial charge is 0.222 e. The minimum atomic E-state index is -1.14. The topological polar surface area (TPSA) is 142 Å². The van der Waals surface area contributed by atoms with Gasteiger partial charge in [-0.25, -0.2) is 0 Å². The monoisotopic (exact) mass is 818 g/mol. The van der Waals surface area contributed by atoms with Crippen LogP contribution in [0.25, 0.3) is 0 Å². The summed E-state index contributed by atoms with van der Waals surface area (Å²) in [5.74, 6) is 2.92. The average Bonchev–Trinajstić information content (AvgIpc) is 3.57. The Labute approximate surface area is 351 Å². The van der Waals surface area contributed by atoms with Crippen LogP contribution in [0.3, 0.4) is 0 Å². The first-order valence-corrected chi connectivity index (χ1v) is 23.0. The predicted molar refractivity (Wildman–Crippen MR) is 231 cm³/mol. The van der Waals surface area contributed by atoms with Gasteiger partial charge in [0.15, 0.2) is 12.6 Å². The number of nitrogens with zero attached hydrogens (tertiary/aromatic N) is 1. The molecule has 11 heteroatoms. The van der Waals surface area contributed by atoms with Gasteiger partial charge in [-0.05, 0) is 86.0 Å². The van der Waals surface area contributed by atoms with Crippen molar-refractivity contribution in [2.45, 2.75) is 162 Å². The van der Waals surface area contributed by atoms with Crippen LogP contribution in [-0.2, 0) is 23.7 Å². The van der Waals surface area contributed by atoms with Crippen LogP contribution in [0.5, 0.6) is 0 Å². The molecule has 1 heterocycles. The highest BCUT2D eigenvalue weighted by Crippen LogP contribution is 2.60. The Kier molecular flexibility index (Phi) is 20.9. The molecule has 334 valence electrons. The second-order valence-corrected chi connectivity index (χ2v) is 18.6. The number of methoxy groups -OCH3 is 1. The number of aliphatic hydroxyl groups excluding tert-OH is 3. The number of hydrogen-bond donors (Lipinski definition) is 5. The molecule has 5 N–H and O–H groups in total. The first-order valence-electron chi connectivity index (χ1n) is 23.0. The number of allylic oxidation sites excluding steroid dienone is 4. The van der Waals surface area contributed by atoms with E-state index in [-0.39, 0.29) is 24.5 Å². The third-order valence-electron chi connectivity index (χ3n) is 14.1. The van der Waals surface area contributed by atoms with Crippen LogP contribution < -0.4 is 10.6 Å². The van der Waals surface area contributed by atoms with Crippen LogP contribution in [0, 0.1) is 35.0 Å². The second-order valence-electron chi connectivity index (χ2n) is 18.6. The van der Waals surface area contributed by atoms with Crippen molar-refractivity contribution in [1.82, 2.24) is 15.5 Å². The maximum absolute atomic E-state index is 12.7. The summed E-state index contributed by atoms with van der Waals surface area (Å²) in [6.07, 6.45) is 15.0. The van der Waals surface area contributed by atoms with Crippen molar-refractivity contribution >= 4 is 5.91 Å². The SMILES string of the molecule is C=C1CCC(OCCNCCN(CCNCCC(O)OCC2OC(OC)[C@@H](O)[C@@H](O)[C@H]2C)C(=O)CC)C/C1=C/C=C1\CCC[C@@]2(C)C1CC[C@@H]2[C@H](C)CCCC(C)C. The number of nitrogens with one attached hydrogen (secondary N) is 2. The summed E-state index contributed by atoms with van der Waals surface area (Å²) in [5, 5.41) is 37.4. The van der Waals surface area contributed by atoms with E-state index < -0.39 is 30.9 Å². The lowest BCUT2D eigenvalue weighted by Gasteiger charge is -2.44. The van der Waals surface area contributed by atoms with Gasteiger partial charge in [0, 0.05) is 65.1 Å². The minimum absolute atomic E-state index is 0.0640. The largest absolute Gasteiger partial charge is 0.390 e. The van der Waals surface area contributed by atoms with E-state index in [1.807, 2.05) is 11.8 Å². The Bertz CT molecular complexity index is 1310. The molecule has 58 heavy (non-hydrogen) atoms. The zero-order chi connectivity index (χ0) is 42.2. The summed E-state index contributed by atoms with van der Waals surface area (Å²) in [7, 11) is 1.40. The van der Waals surface area contributed by atoms with Crippen LogP contribution in [0.1, 0.15) is 125 Å². The molecule has 11 nitrogen and oxygen atoms in total. The van der Waals surface area contributed by atoms with E-state index in [9.17, 15) is 20.1 Å². The average molecular weight is 818 g/mol. The molecule has 5 unspecified atom stereocenters. The molecule has 1 amide bonds. The van der Waals surface area contributed by atoms with Crippen LogP contribution in [0.15, 0.2) is 35.5 Å². The Morgan fingerprint density at radius 2 is 1.76 bits per heavy atom. The van der Waals surface area contributed by atoms with Gasteiger partial charge in [-0.3, -0.25) is 4.79 Å². The molecule has 1 saturated heterocycles. The van der Waals surface area contributed by atoms with E-state index in [0.29, 0.717) is 57.6 Å². The van der Waals surface area contributed by atoms with Gasteiger partial charge in [0.2, 0.25) is 5.91 Å². The molecule has 4 aliphatic rings. The van der Waals surface area contributed by atoms with Gasteiger partial charge in [0.1, 0.15) is 6.10 Å². The maximum Gasteiger partial charge on any atom is 0.222 e. The van der Waals surface area contributed by atoms with E-state index in [1.54, 1.807) is 12.5 Å². The number of hydrogen-bond acceptors (Lipinski definition) is 10. The second kappa shape index (κ2) is 24.7. The number of carbonyl (C=O) groups is 1. The summed E-state index contributed by atoms with van der Waals surface area (Å²) in [6.45, 7) is 22.4. The summed E-state index contributed by atoms with van der Waals surface area (Å²) < 4.78 is 22.7. The highest BCUT2D eigenvalue weighted by Gasteiger charge is 2.50. The molecule has 4 rings (SSSR count). The van der Waals surface area contributed by atoms with Crippen LogP contribution >= 0.6 is 0 Å². The lowest BCUT2D eigenvalue weighted by Crippen LogP contribution is -2.55. The quantitative estimate of drug-likeness (QED) is 0.0541. The lowest BCUT2D eigenvalue weighted by molar-refractivity contribution is -0.288. The Morgan fingerprint density at radius 1 is 1.02 bits per heavy atom.